The van der Waals surface area contributed by atoms with E-state index in [4.69, 9.17) is 0 Å². The zero-order valence-corrected chi connectivity index (χ0v) is 12.4. The van der Waals surface area contributed by atoms with E-state index in [2.05, 4.69) is 17.6 Å². The van der Waals surface area contributed by atoms with E-state index >= 15 is 0 Å². The van der Waals surface area contributed by atoms with Crippen molar-refractivity contribution >= 4 is 26.6 Å². The summed E-state index contributed by atoms with van der Waals surface area (Å²) >= 11 is 0. The van der Waals surface area contributed by atoms with Crippen LogP contribution >= 0.6 is 9.24 Å². The molecule has 0 saturated carbocycles. The number of rotatable bonds is 8. The smallest absolute Gasteiger partial charge is 0.242 e. The first-order valence-electron chi connectivity index (χ1n) is 6.27. The summed E-state index contributed by atoms with van der Waals surface area (Å²) in [7, 11) is 2.02. The van der Waals surface area contributed by atoms with Gasteiger partial charge in [0.1, 0.15) is 6.04 Å². The highest BCUT2D eigenvalue weighted by molar-refractivity contribution is 7.40. The fourth-order valence-corrected chi connectivity index (χ4v) is 1.41. The van der Waals surface area contributed by atoms with Crippen molar-refractivity contribution in [3.8, 4) is 0 Å². The van der Waals surface area contributed by atoms with Gasteiger partial charge in [0.05, 0.1) is 6.04 Å². The second-order valence-corrected chi connectivity index (χ2v) is 4.95. The minimum Gasteiger partial charge on any atom is -0.345 e. The predicted molar refractivity (Wildman–Crippen MR) is 74.1 cm³/mol. The highest BCUT2D eigenvalue weighted by Crippen LogP contribution is 1.99. The molecule has 6 heteroatoms. The number of amides is 2. The van der Waals surface area contributed by atoms with Gasteiger partial charge >= 0.3 is 0 Å². The Morgan fingerprint density at radius 2 is 1.67 bits per heavy atom. The van der Waals surface area contributed by atoms with E-state index in [1.807, 2.05) is 9.24 Å². The van der Waals surface area contributed by atoms with Gasteiger partial charge in [0.15, 0.2) is 5.52 Å². The Hall–Kier alpha value is -0.960. The van der Waals surface area contributed by atoms with Crippen LogP contribution in [0.15, 0.2) is 0 Å². The van der Waals surface area contributed by atoms with Crippen LogP contribution in [-0.2, 0) is 14.4 Å². The van der Waals surface area contributed by atoms with Crippen LogP contribution in [0.4, 0.5) is 0 Å². The summed E-state index contributed by atoms with van der Waals surface area (Å²) in [6.45, 7) is 5.27. The fraction of sp³-hybridized carbons (Fsp3) is 0.750. The van der Waals surface area contributed by atoms with Crippen molar-refractivity contribution in [3.63, 3.8) is 0 Å². The minimum absolute atomic E-state index is 0.129. The molecule has 3 unspecified atom stereocenters. The Bertz CT molecular complexity index is 308. The maximum atomic E-state index is 11.6. The molecule has 0 radical (unpaired) electrons. The molecule has 0 saturated heterocycles. The first kappa shape index (κ1) is 17.0. The number of unbranched alkanes of at least 4 members (excludes halogenated alkanes) is 2. The number of hydrogen-bond donors (Lipinski definition) is 2. The summed E-state index contributed by atoms with van der Waals surface area (Å²) in [5.41, 5.74) is -0.190. The van der Waals surface area contributed by atoms with Crippen LogP contribution in [0.5, 0.6) is 0 Å². The lowest BCUT2D eigenvalue weighted by Gasteiger charge is -2.16. The van der Waals surface area contributed by atoms with E-state index in [-0.39, 0.29) is 17.3 Å². The molecule has 0 rings (SSSR count). The van der Waals surface area contributed by atoms with E-state index in [0.717, 1.165) is 19.3 Å². The van der Waals surface area contributed by atoms with Gasteiger partial charge in [0.25, 0.3) is 0 Å². The van der Waals surface area contributed by atoms with Crippen molar-refractivity contribution in [2.24, 2.45) is 0 Å². The average molecular weight is 274 g/mol. The molecule has 0 heterocycles. The number of nitrogens with one attached hydrogen (secondary N) is 2. The van der Waals surface area contributed by atoms with Crippen molar-refractivity contribution < 1.29 is 14.4 Å². The minimum atomic E-state index is -0.620. The molecule has 5 nitrogen and oxygen atoms in total. The standard InChI is InChI=1S/C12H23N2O3P/c1-4-5-6-7-10(15)13-8(2)11(16)14-9(3)12(17)18/h8-9H,4-7,18H2,1-3H3,(H,13,15)(H,14,16). The summed E-state index contributed by atoms with van der Waals surface area (Å²) < 4.78 is 0. The second-order valence-electron chi connectivity index (χ2n) is 4.38. The molecule has 104 valence electrons. The highest BCUT2D eigenvalue weighted by Gasteiger charge is 2.18. The van der Waals surface area contributed by atoms with Crippen LogP contribution in [0, 0.1) is 0 Å². The van der Waals surface area contributed by atoms with Crippen LogP contribution in [0.1, 0.15) is 46.5 Å². The summed E-state index contributed by atoms with van der Waals surface area (Å²) in [6, 6.07) is -1.17. The number of hydrogen-bond acceptors (Lipinski definition) is 3. The third-order valence-electron chi connectivity index (χ3n) is 2.56. The lowest BCUT2D eigenvalue weighted by Crippen LogP contribution is -2.48. The lowest BCUT2D eigenvalue weighted by molar-refractivity contribution is -0.129. The summed E-state index contributed by atoms with van der Waals surface area (Å²) in [6.07, 6.45) is 3.32. The first-order chi connectivity index (χ1) is 8.38. The first-order valence-corrected chi connectivity index (χ1v) is 6.85. The van der Waals surface area contributed by atoms with Crippen molar-refractivity contribution in [1.29, 1.82) is 0 Å². The van der Waals surface area contributed by atoms with Crippen LogP contribution in [0.25, 0.3) is 0 Å². The summed E-state index contributed by atoms with van der Waals surface area (Å²) in [5, 5.41) is 5.14. The zero-order valence-electron chi connectivity index (χ0n) is 11.3. The maximum absolute atomic E-state index is 11.6. The number of carbonyl (C=O) groups is 3. The molecule has 2 amide bonds. The molecular formula is C12H23N2O3P. The van der Waals surface area contributed by atoms with E-state index < -0.39 is 12.1 Å². The molecule has 0 aliphatic rings. The van der Waals surface area contributed by atoms with Crippen molar-refractivity contribution in [3.05, 3.63) is 0 Å². The van der Waals surface area contributed by atoms with Gasteiger partial charge in [-0.3, -0.25) is 14.4 Å². The average Bonchev–Trinajstić information content (AvgIpc) is 2.28. The normalized spacial score (nSPS) is 13.6. The Labute approximate surface area is 111 Å². The fourth-order valence-electron chi connectivity index (χ4n) is 1.32. The third-order valence-corrected chi connectivity index (χ3v) is 3.06. The van der Waals surface area contributed by atoms with E-state index in [9.17, 15) is 14.4 Å². The number of carbonyl (C=O) groups excluding carboxylic acids is 3. The van der Waals surface area contributed by atoms with Crippen LogP contribution < -0.4 is 10.6 Å². The molecule has 0 fully saturated rings. The Morgan fingerprint density at radius 1 is 1.06 bits per heavy atom. The third kappa shape index (κ3) is 7.38. The molecule has 0 spiro atoms. The molecule has 3 atom stereocenters. The van der Waals surface area contributed by atoms with E-state index in [1.54, 1.807) is 13.8 Å². The van der Waals surface area contributed by atoms with Gasteiger partial charge < -0.3 is 10.6 Å². The van der Waals surface area contributed by atoms with E-state index in [1.165, 1.54) is 0 Å². The lowest BCUT2D eigenvalue weighted by atomic mass is 10.2. The Balaban J connectivity index is 4.00. The van der Waals surface area contributed by atoms with Gasteiger partial charge in [-0.25, -0.2) is 0 Å². The van der Waals surface area contributed by atoms with Crippen LogP contribution in [-0.4, -0.2) is 29.4 Å². The molecule has 18 heavy (non-hydrogen) atoms. The quantitative estimate of drug-likeness (QED) is 0.512. The SMILES string of the molecule is CCCCCC(=O)NC(C)C(=O)NC(C)C(=O)P. The summed E-state index contributed by atoms with van der Waals surface area (Å²) in [4.78, 5) is 34.1. The largest absolute Gasteiger partial charge is 0.345 e. The van der Waals surface area contributed by atoms with Crippen molar-refractivity contribution in [2.45, 2.75) is 58.5 Å². The topological polar surface area (TPSA) is 75.3 Å². The van der Waals surface area contributed by atoms with Gasteiger partial charge in [-0.05, 0) is 20.3 Å². The van der Waals surface area contributed by atoms with Gasteiger partial charge in [-0.15, -0.1) is 0 Å². The molecule has 0 bridgehead atoms. The molecule has 0 aromatic carbocycles. The molecule has 0 aromatic rings. The molecule has 0 aliphatic carbocycles. The summed E-state index contributed by atoms with van der Waals surface area (Å²) in [5.74, 6) is -0.474. The van der Waals surface area contributed by atoms with Crippen LogP contribution in [0.3, 0.4) is 0 Å². The Kier molecular flexibility index (Phi) is 8.55. The van der Waals surface area contributed by atoms with Crippen molar-refractivity contribution in [1.82, 2.24) is 10.6 Å². The zero-order chi connectivity index (χ0) is 14.1. The van der Waals surface area contributed by atoms with Gasteiger partial charge in [-0.2, -0.15) is 0 Å². The van der Waals surface area contributed by atoms with Gasteiger partial charge in [-0.1, -0.05) is 29.0 Å². The second kappa shape index (κ2) is 9.03. The molecule has 0 aromatic heterocycles. The van der Waals surface area contributed by atoms with Crippen molar-refractivity contribution in [2.75, 3.05) is 0 Å². The monoisotopic (exact) mass is 274 g/mol. The molecule has 2 N–H and O–H groups in total. The maximum Gasteiger partial charge on any atom is 0.242 e. The van der Waals surface area contributed by atoms with Gasteiger partial charge in [0.2, 0.25) is 11.8 Å². The molecule has 0 aliphatic heterocycles. The van der Waals surface area contributed by atoms with Crippen LogP contribution in [0.2, 0.25) is 0 Å². The van der Waals surface area contributed by atoms with E-state index in [0.29, 0.717) is 6.42 Å². The highest BCUT2D eigenvalue weighted by atomic mass is 31.0. The predicted octanol–water partition coefficient (Wildman–Crippen LogP) is 0.978. The Morgan fingerprint density at radius 3 is 2.17 bits per heavy atom. The van der Waals surface area contributed by atoms with Gasteiger partial charge in [0, 0.05) is 6.42 Å². The molecular weight excluding hydrogens is 251 g/mol.